The van der Waals surface area contributed by atoms with Crippen LogP contribution in [0.5, 0.6) is 46.0 Å². The van der Waals surface area contributed by atoms with Crippen molar-refractivity contribution >= 4 is 34.9 Å². The summed E-state index contributed by atoms with van der Waals surface area (Å²) in [5, 5.41) is 30.8. The molecule has 4 rings (SSSR count). The van der Waals surface area contributed by atoms with Gasteiger partial charge in [-0.25, -0.2) is 0 Å². The van der Waals surface area contributed by atoms with Gasteiger partial charge in [-0.1, -0.05) is 0 Å². The Bertz CT molecular complexity index is 2180. The Balaban J connectivity index is 1.87. The first-order valence-electron chi connectivity index (χ1n) is 15.6. The third-order valence-electron chi connectivity index (χ3n) is 8.08. The smallest absolute Gasteiger partial charge is 0.128 e. The van der Waals surface area contributed by atoms with Crippen molar-refractivity contribution in [2.24, 2.45) is 0 Å². The van der Waals surface area contributed by atoms with Crippen molar-refractivity contribution in [3.63, 3.8) is 0 Å². The van der Waals surface area contributed by atoms with Gasteiger partial charge in [-0.05, 0) is 78.9 Å². The normalized spacial score (nSPS) is 11.4. The van der Waals surface area contributed by atoms with Gasteiger partial charge in [0, 0.05) is 33.4 Å². The summed E-state index contributed by atoms with van der Waals surface area (Å²) in [6.45, 7) is 0. The van der Waals surface area contributed by atoms with E-state index in [9.17, 15) is 15.8 Å². The first kappa shape index (κ1) is 37.8. The van der Waals surface area contributed by atoms with Crippen molar-refractivity contribution in [2.45, 2.75) is 0 Å². The van der Waals surface area contributed by atoms with Gasteiger partial charge in [0.05, 0.1) is 91.8 Å². The van der Waals surface area contributed by atoms with Gasteiger partial charge in [0.25, 0.3) is 0 Å². The molecule has 0 bridgehead atoms. The number of nitriles is 3. The minimum atomic E-state index is 0.214. The third kappa shape index (κ3) is 8.05. The van der Waals surface area contributed by atoms with Crippen molar-refractivity contribution in [2.75, 3.05) is 56.9 Å². The van der Waals surface area contributed by atoms with E-state index in [-0.39, 0.29) is 16.7 Å². The van der Waals surface area contributed by atoms with Crippen molar-refractivity contribution < 1.29 is 37.9 Å². The van der Waals surface area contributed by atoms with Gasteiger partial charge in [0.2, 0.25) is 0 Å². The lowest BCUT2D eigenvalue weighted by atomic mass is 9.96. The summed E-state index contributed by atoms with van der Waals surface area (Å²) in [5.41, 5.74) is 3.82. The monoisotopic (exact) mass is 699 g/mol. The van der Waals surface area contributed by atoms with Crippen molar-refractivity contribution in [3.05, 3.63) is 94.0 Å². The second-order valence-electron chi connectivity index (χ2n) is 10.8. The molecule has 264 valence electrons. The zero-order chi connectivity index (χ0) is 37.8. The van der Waals surface area contributed by atoms with E-state index in [0.29, 0.717) is 79.4 Å². The predicted octanol–water partition coefficient (Wildman–Crippen LogP) is 7.95. The molecule has 0 amide bonds. The highest BCUT2D eigenvalue weighted by molar-refractivity contribution is 5.98. The number of hydrogen-bond donors (Lipinski definition) is 0. The number of rotatable bonds is 14. The molecule has 11 heteroatoms. The van der Waals surface area contributed by atoms with Gasteiger partial charge in [-0.3, -0.25) is 0 Å². The van der Waals surface area contributed by atoms with E-state index in [1.54, 1.807) is 93.1 Å². The van der Waals surface area contributed by atoms with Crippen LogP contribution in [0.4, 0.5) is 0 Å². The fourth-order valence-corrected chi connectivity index (χ4v) is 5.44. The molecule has 0 N–H and O–H groups in total. The molecule has 11 nitrogen and oxygen atoms in total. The van der Waals surface area contributed by atoms with Crippen molar-refractivity contribution in [3.8, 4) is 64.2 Å². The Morgan fingerprint density at radius 1 is 0.385 bits per heavy atom. The van der Waals surface area contributed by atoms with Crippen molar-refractivity contribution in [1.29, 1.82) is 15.8 Å². The number of hydrogen-bond acceptors (Lipinski definition) is 11. The maximum absolute atomic E-state index is 10.4. The number of benzene rings is 4. The van der Waals surface area contributed by atoms with E-state index >= 15 is 0 Å². The van der Waals surface area contributed by atoms with Crippen LogP contribution in [0.2, 0.25) is 0 Å². The second-order valence-corrected chi connectivity index (χ2v) is 10.8. The average Bonchev–Trinajstić information content (AvgIpc) is 3.19. The summed E-state index contributed by atoms with van der Waals surface area (Å²) in [5.74, 6) is 3.64. The molecule has 0 aliphatic rings. The van der Waals surface area contributed by atoms with E-state index in [1.807, 2.05) is 0 Å². The lowest BCUT2D eigenvalue weighted by Gasteiger charge is -2.16. The molecule has 0 aromatic heterocycles. The van der Waals surface area contributed by atoms with Gasteiger partial charge < -0.3 is 37.9 Å². The molecular weight excluding hydrogens is 662 g/mol. The molecular formula is C41H37N3O8. The highest BCUT2D eigenvalue weighted by Crippen LogP contribution is 2.41. The molecule has 0 atom stereocenters. The SMILES string of the molecule is COc1ccc(OC)c(C=C(C#N)c2cc(OC)c(C=C(C#N)c3cc(OC)c(C=C(C#N)c4cc(OC)ccc4OC)cc3OC)cc2OC)c1. The van der Waals surface area contributed by atoms with Gasteiger partial charge >= 0.3 is 0 Å². The Morgan fingerprint density at radius 2 is 0.731 bits per heavy atom. The fraction of sp³-hybridized carbons (Fsp3) is 0.195. The van der Waals surface area contributed by atoms with Crippen LogP contribution in [-0.2, 0) is 0 Å². The van der Waals surface area contributed by atoms with E-state index in [0.717, 1.165) is 0 Å². The molecule has 0 spiro atoms. The van der Waals surface area contributed by atoms with Crippen LogP contribution in [-0.4, -0.2) is 56.9 Å². The van der Waals surface area contributed by atoms with E-state index in [2.05, 4.69) is 18.2 Å². The summed E-state index contributed by atoms with van der Waals surface area (Å²) in [4.78, 5) is 0. The second kappa shape index (κ2) is 17.6. The minimum Gasteiger partial charge on any atom is -0.497 e. The Morgan fingerprint density at radius 3 is 1.10 bits per heavy atom. The van der Waals surface area contributed by atoms with Crippen LogP contribution in [0.3, 0.4) is 0 Å². The Labute approximate surface area is 303 Å². The summed E-state index contributed by atoms with van der Waals surface area (Å²) >= 11 is 0. The maximum Gasteiger partial charge on any atom is 0.128 e. The van der Waals surface area contributed by atoms with Gasteiger partial charge in [-0.2, -0.15) is 15.8 Å². The zero-order valence-corrected chi connectivity index (χ0v) is 30.1. The molecule has 0 fully saturated rings. The molecule has 4 aromatic carbocycles. The number of nitrogens with zero attached hydrogens (tertiary/aromatic N) is 3. The van der Waals surface area contributed by atoms with Crippen LogP contribution in [0, 0.1) is 34.0 Å². The third-order valence-corrected chi connectivity index (χ3v) is 8.08. The van der Waals surface area contributed by atoms with Crippen LogP contribution < -0.4 is 37.9 Å². The van der Waals surface area contributed by atoms with Crippen LogP contribution >= 0.6 is 0 Å². The number of methoxy groups -OCH3 is 8. The standard InChI is InChI=1S/C41H37N3O8/c1-45-31-9-11-36(47-3)25(16-31)13-29(23-43)34-20-39(50-6)27(18-40(34)51-7)15-30(24-44)35-21-38(49-5)26(17-41(35)52-8)14-28(22-42)33-19-32(46-2)10-12-37(33)48-4/h9-21H,1-8H3. The minimum absolute atomic E-state index is 0.214. The van der Waals surface area contributed by atoms with Gasteiger partial charge in [0.1, 0.15) is 46.0 Å². The van der Waals surface area contributed by atoms with E-state index < -0.39 is 0 Å². The summed E-state index contributed by atoms with van der Waals surface area (Å²) in [7, 11) is 12.1. The molecule has 52 heavy (non-hydrogen) atoms. The van der Waals surface area contributed by atoms with Crippen LogP contribution in [0.15, 0.2) is 60.7 Å². The first-order chi connectivity index (χ1) is 25.3. The topological polar surface area (TPSA) is 145 Å². The molecule has 0 aliphatic carbocycles. The largest absolute Gasteiger partial charge is 0.497 e. The molecule has 0 radical (unpaired) electrons. The highest BCUT2D eigenvalue weighted by Gasteiger charge is 2.20. The number of ether oxygens (including phenoxy) is 8. The van der Waals surface area contributed by atoms with Gasteiger partial charge in [0.15, 0.2) is 0 Å². The van der Waals surface area contributed by atoms with Crippen LogP contribution in [0.25, 0.3) is 34.9 Å². The molecule has 0 unspecified atom stereocenters. The van der Waals surface area contributed by atoms with E-state index in [1.165, 1.54) is 42.7 Å². The average molecular weight is 700 g/mol. The Hall–Kier alpha value is -7.03. The Kier molecular flexibility index (Phi) is 12.8. The summed E-state index contributed by atoms with van der Waals surface area (Å²) in [6.07, 6.45) is 4.94. The molecule has 4 aromatic rings. The van der Waals surface area contributed by atoms with Crippen LogP contribution in [0.1, 0.15) is 33.4 Å². The van der Waals surface area contributed by atoms with Crippen molar-refractivity contribution in [1.82, 2.24) is 0 Å². The molecule has 0 saturated heterocycles. The molecule has 0 aliphatic heterocycles. The number of allylic oxidation sites excluding steroid dienone is 3. The highest BCUT2D eigenvalue weighted by atomic mass is 16.5. The summed E-state index contributed by atoms with van der Waals surface area (Å²) < 4.78 is 44.7. The molecule has 0 saturated carbocycles. The first-order valence-corrected chi connectivity index (χ1v) is 15.6. The molecule has 0 heterocycles. The van der Waals surface area contributed by atoms with E-state index in [4.69, 9.17) is 37.9 Å². The van der Waals surface area contributed by atoms with Gasteiger partial charge in [-0.15, -0.1) is 0 Å². The zero-order valence-electron chi connectivity index (χ0n) is 30.1. The summed E-state index contributed by atoms with van der Waals surface area (Å²) in [6, 6.07) is 23.9. The fourth-order valence-electron chi connectivity index (χ4n) is 5.44. The lowest BCUT2D eigenvalue weighted by molar-refractivity contribution is 0.401. The lowest BCUT2D eigenvalue weighted by Crippen LogP contribution is -1.98. The maximum atomic E-state index is 10.4. The predicted molar refractivity (Wildman–Crippen MR) is 199 cm³/mol. The quantitative estimate of drug-likeness (QED) is 0.0934.